The molecule has 1 saturated heterocycles. The van der Waals surface area contributed by atoms with E-state index in [2.05, 4.69) is 56.0 Å². The summed E-state index contributed by atoms with van der Waals surface area (Å²) in [6, 6.07) is 16.1. The number of rotatable bonds is 11. The molecule has 48 heavy (non-hydrogen) atoms. The van der Waals surface area contributed by atoms with Gasteiger partial charge >= 0.3 is 0 Å². The molecule has 9 nitrogen and oxygen atoms in total. The lowest BCUT2D eigenvalue weighted by atomic mass is 9.86. The molecule has 0 saturated carbocycles. The van der Waals surface area contributed by atoms with Gasteiger partial charge in [0.1, 0.15) is 4.75 Å². The first-order valence-corrected chi connectivity index (χ1v) is 21.3. The van der Waals surface area contributed by atoms with Crippen LogP contribution in [0.15, 0.2) is 54.7 Å². The summed E-state index contributed by atoms with van der Waals surface area (Å²) in [6.07, 6.45) is 5.10. The molecule has 4 aromatic rings. The van der Waals surface area contributed by atoms with Crippen molar-refractivity contribution in [1.29, 1.82) is 0 Å². The van der Waals surface area contributed by atoms with E-state index in [1.807, 2.05) is 75.0 Å². The lowest BCUT2D eigenvalue weighted by Gasteiger charge is -2.36. The van der Waals surface area contributed by atoms with Crippen LogP contribution in [0.3, 0.4) is 0 Å². The number of aliphatic hydroxyl groups is 1. The van der Waals surface area contributed by atoms with E-state index in [4.69, 9.17) is 19.5 Å². The maximum absolute atomic E-state index is 13.1. The average Bonchev–Trinajstić information content (AvgIpc) is 3.47. The summed E-state index contributed by atoms with van der Waals surface area (Å²) in [7, 11) is -1.94. The molecule has 0 aliphatic carbocycles. The van der Waals surface area contributed by atoms with Crippen LogP contribution in [0, 0.1) is 0 Å². The molecule has 1 aromatic carbocycles. The number of nitrogens with zero attached hydrogens (tertiary/aromatic N) is 4. The Hall–Kier alpha value is -2.64. The summed E-state index contributed by atoms with van der Waals surface area (Å²) >= 11 is -1.49. The Kier molecular flexibility index (Phi) is 10.9. The number of pyridine rings is 2. The predicted molar refractivity (Wildman–Crippen MR) is 199 cm³/mol. The maximum atomic E-state index is 13.1. The second kappa shape index (κ2) is 14.3. The zero-order valence-corrected chi connectivity index (χ0v) is 32.0. The molecule has 0 radical (unpaired) electrons. The zero-order chi connectivity index (χ0) is 34.9. The molecular weight excluding hydrogens is 637 g/mol. The standard InChI is InChI=1S/C37H54N6O3SSi/c1-10-19-37(44,42-47(45)35(2,3)4)33-15-12-14-31(41-33)27-22-29(26-17-20-38-21-18-26)30-24-39-43(32(30)23-27)34-16-11-13-28(40-34)25-46-48(8,9)36(5,6)7/h11-16,22-24,26,38,42,44H,10,17-21,25H2,1-9H3/t37?,47-/m1/s1. The number of hydrogen-bond donors (Lipinski definition) is 3. The van der Waals surface area contributed by atoms with Crippen molar-refractivity contribution in [2.75, 3.05) is 13.1 Å². The van der Waals surface area contributed by atoms with Gasteiger partial charge in [-0.2, -0.15) is 5.10 Å². The molecule has 3 N–H and O–H groups in total. The number of hydrogen-bond acceptors (Lipinski definition) is 8. The average molecular weight is 691 g/mol. The van der Waals surface area contributed by atoms with Crippen LogP contribution in [0.2, 0.25) is 18.1 Å². The molecule has 0 spiro atoms. The molecule has 11 heteroatoms. The summed E-state index contributed by atoms with van der Waals surface area (Å²) in [6.45, 7) is 21.3. The van der Waals surface area contributed by atoms with Crippen LogP contribution in [0.1, 0.15) is 97.0 Å². The molecule has 1 aliphatic rings. The van der Waals surface area contributed by atoms with Crippen LogP contribution in [0.4, 0.5) is 0 Å². The quantitative estimate of drug-likeness (QED) is 0.0843. The van der Waals surface area contributed by atoms with Gasteiger partial charge in [-0.05, 0) is 119 Å². The molecule has 260 valence electrons. The Labute approximate surface area is 290 Å². The topological polar surface area (TPSA) is 120 Å². The summed E-state index contributed by atoms with van der Waals surface area (Å²) < 4.78 is 24.0. The molecule has 5 rings (SSSR count). The van der Waals surface area contributed by atoms with Crippen LogP contribution >= 0.6 is 0 Å². The van der Waals surface area contributed by atoms with Crippen molar-refractivity contribution in [3.63, 3.8) is 0 Å². The fourth-order valence-corrected chi connectivity index (χ4v) is 7.58. The maximum Gasteiger partial charge on any atom is 0.200 e. The van der Waals surface area contributed by atoms with Crippen LogP contribution in [0.25, 0.3) is 28.0 Å². The van der Waals surface area contributed by atoms with Gasteiger partial charge in [-0.15, -0.1) is 4.72 Å². The Bertz CT molecular complexity index is 1710. The van der Waals surface area contributed by atoms with E-state index in [1.165, 1.54) is 5.56 Å². The summed E-state index contributed by atoms with van der Waals surface area (Å²) in [5.74, 6) is 1.11. The normalized spacial score (nSPS) is 17.1. The monoisotopic (exact) mass is 690 g/mol. The molecule has 0 amide bonds. The summed E-state index contributed by atoms with van der Waals surface area (Å²) in [5.41, 5.74) is 3.67. The molecule has 1 unspecified atom stereocenters. The van der Waals surface area contributed by atoms with Crippen molar-refractivity contribution in [3.8, 4) is 17.1 Å². The van der Waals surface area contributed by atoms with E-state index in [0.29, 0.717) is 31.1 Å². The summed E-state index contributed by atoms with van der Waals surface area (Å²) in [4.78, 5) is 10.0. The SMILES string of the molecule is CCCC(O)(N[S@+]([O-])C(C)(C)C)c1cccc(-c2cc(C3CCNCC3)c3cnn(-c4cccc(CO[Si](C)(C)C(C)(C)C)n4)c3c2)n1. The van der Waals surface area contributed by atoms with Crippen molar-refractivity contribution in [2.24, 2.45) is 0 Å². The van der Waals surface area contributed by atoms with Crippen molar-refractivity contribution in [1.82, 2.24) is 29.8 Å². The van der Waals surface area contributed by atoms with Gasteiger partial charge in [0.2, 0.25) is 0 Å². The van der Waals surface area contributed by atoms with Gasteiger partial charge in [-0.3, -0.25) is 0 Å². The van der Waals surface area contributed by atoms with E-state index in [-0.39, 0.29) is 5.04 Å². The molecule has 0 bridgehead atoms. The Morgan fingerprint density at radius 2 is 1.75 bits per heavy atom. The predicted octanol–water partition coefficient (Wildman–Crippen LogP) is 7.47. The van der Waals surface area contributed by atoms with E-state index in [9.17, 15) is 9.66 Å². The molecule has 1 aliphatic heterocycles. The number of aromatic nitrogens is 4. The van der Waals surface area contributed by atoms with Gasteiger partial charge in [0.05, 0.1) is 35.4 Å². The summed E-state index contributed by atoms with van der Waals surface area (Å²) in [5, 5.41) is 21.4. The highest BCUT2D eigenvalue weighted by Crippen LogP contribution is 2.38. The fraction of sp³-hybridized carbons (Fsp3) is 0.541. The van der Waals surface area contributed by atoms with Gasteiger partial charge in [0, 0.05) is 22.3 Å². The van der Waals surface area contributed by atoms with Crippen LogP contribution in [0.5, 0.6) is 0 Å². The molecular formula is C37H54N6O3SSi. The second-order valence-electron chi connectivity index (χ2n) is 15.6. The Morgan fingerprint density at radius 3 is 2.42 bits per heavy atom. The van der Waals surface area contributed by atoms with Crippen molar-refractivity contribution < 1.29 is 14.1 Å². The van der Waals surface area contributed by atoms with E-state index < -0.39 is 30.2 Å². The van der Waals surface area contributed by atoms with E-state index in [0.717, 1.165) is 59.6 Å². The third-order valence-corrected chi connectivity index (χ3v) is 15.9. The third kappa shape index (κ3) is 8.04. The number of fused-ring (bicyclic) bond motifs is 1. The van der Waals surface area contributed by atoms with Crippen molar-refractivity contribution in [3.05, 3.63) is 71.7 Å². The van der Waals surface area contributed by atoms with E-state index in [1.54, 1.807) is 0 Å². The molecule has 4 heterocycles. The highest BCUT2D eigenvalue weighted by Gasteiger charge is 2.40. The number of nitrogens with one attached hydrogen (secondary N) is 2. The van der Waals surface area contributed by atoms with Crippen LogP contribution in [-0.4, -0.2) is 55.6 Å². The van der Waals surface area contributed by atoms with Crippen LogP contribution < -0.4 is 10.0 Å². The van der Waals surface area contributed by atoms with Gasteiger partial charge in [0.15, 0.2) is 19.9 Å². The van der Waals surface area contributed by atoms with Gasteiger partial charge in [-0.25, -0.2) is 14.6 Å². The van der Waals surface area contributed by atoms with Gasteiger partial charge < -0.3 is 19.4 Å². The molecule has 3 aromatic heterocycles. The van der Waals surface area contributed by atoms with Crippen molar-refractivity contribution >= 4 is 30.6 Å². The third-order valence-electron chi connectivity index (χ3n) is 9.79. The van der Waals surface area contributed by atoms with Gasteiger partial charge in [0.25, 0.3) is 0 Å². The minimum absolute atomic E-state index is 0.113. The first-order chi connectivity index (χ1) is 22.5. The first kappa shape index (κ1) is 36.6. The number of piperidine rings is 1. The fourth-order valence-electron chi connectivity index (χ4n) is 5.82. The highest BCUT2D eigenvalue weighted by atomic mass is 32.2. The lowest BCUT2D eigenvalue weighted by Crippen LogP contribution is -2.51. The zero-order valence-electron chi connectivity index (χ0n) is 30.2. The number of benzene rings is 1. The largest absolute Gasteiger partial charge is 0.598 e. The highest BCUT2D eigenvalue weighted by molar-refractivity contribution is 7.90. The molecule has 2 atom stereocenters. The second-order valence-corrected chi connectivity index (χ2v) is 22.4. The smallest absolute Gasteiger partial charge is 0.200 e. The minimum Gasteiger partial charge on any atom is -0.598 e. The Balaban J connectivity index is 1.58. The van der Waals surface area contributed by atoms with Crippen molar-refractivity contribution in [2.45, 2.75) is 115 Å². The van der Waals surface area contributed by atoms with Gasteiger partial charge in [-0.1, -0.05) is 46.2 Å². The molecule has 1 fully saturated rings. The Morgan fingerprint density at radius 1 is 1.04 bits per heavy atom. The van der Waals surface area contributed by atoms with E-state index >= 15 is 0 Å². The van der Waals surface area contributed by atoms with Crippen LogP contribution in [-0.2, 0) is 28.1 Å². The lowest BCUT2D eigenvalue weighted by molar-refractivity contribution is 0.0101. The minimum atomic E-state index is -1.94. The first-order valence-electron chi connectivity index (χ1n) is 17.2.